The lowest BCUT2D eigenvalue weighted by atomic mass is 9.95. The smallest absolute Gasteiger partial charge is 0.246 e. The minimum atomic E-state index is -0.181. The van der Waals surface area contributed by atoms with Crippen LogP contribution in [0, 0.1) is 0 Å². The fourth-order valence-corrected chi connectivity index (χ4v) is 2.95. The molecular weight excluding hydrogens is 350 g/mol. The number of likely N-dealkylation sites (N-methyl/N-ethyl adjacent to an activating group) is 1. The number of hydrogen-bond acceptors (Lipinski definition) is 4. The fourth-order valence-electron chi connectivity index (χ4n) is 2.82. The van der Waals surface area contributed by atoms with Crippen molar-refractivity contribution in [3.8, 4) is 11.4 Å². The molecule has 0 radical (unpaired) electrons. The van der Waals surface area contributed by atoms with Gasteiger partial charge >= 0.3 is 0 Å². The van der Waals surface area contributed by atoms with E-state index in [1.807, 2.05) is 49.4 Å². The van der Waals surface area contributed by atoms with Gasteiger partial charge in [-0.25, -0.2) is 0 Å². The van der Waals surface area contributed by atoms with Crippen LogP contribution in [0.3, 0.4) is 0 Å². The van der Waals surface area contributed by atoms with E-state index in [1.165, 1.54) is 0 Å². The molecule has 1 amide bonds. The highest BCUT2D eigenvalue weighted by atomic mass is 35.5. The number of aromatic nitrogens is 2. The van der Waals surface area contributed by atoms with Crippen molar-refractivity contribution in [3.63, 3.8) is 0 Å². The highest BCUT2D eigenvalue weighted by molar-refractivity contribution is 6.30. The Morgan fingerprint density at radius 1 is 1.15 bits per heavy atom. The van der Waals surface area contributed by atoms with Crippen LogP contribution < -0.4 is 0 Å². The zero-order chi connectivity index (χ0) is 18.5. The molecule has 0 aliphatic carbocycles. The Hall–Kier alpha value is -2.66. The maximum absolute atomic E-state index is 12.8. The van der Waals surface area contributed by atoms with E-state index >= 15 is 0 Å². The van der Waals surface area contributed by atoms with Gasteiger partial charge in [0.25, 0.3) is 0 Å². The van der Waals surface area contributed by atoms with Gasteiger partial charge in [-0.05, 0) is 36.2 Å². The van der Waals surface area contributed by atoms with Crippen LogP contribution in [0.15, 0.2) is 59.1 Å². The molecule has 1 atom stereocenters. The van der Waals surface area contributed by atoms with E-state index in [2.05, 4.69) is 10.1 Å². The molecule has 0 saturated carbocycles. The topological polar surface area (TPSA) is 59.2 Å². The van der Waals surface area contributed by atoms with Crippen LogP contribution in [-0.4, -0.2) is 28.0 Å². The summed E-state index contributed by atoms with van der Waals surface area (Å²) in [5.74, 6) is 0.728. The highest BCUT2D eigenvalue weighted by Gasteiger charge is 2.23. The summed E-state index contributed by atoms with van der Waals surface area (Å²) in [7, 11) is 1.75. The average Bonchev–Trinajstić information content (AvgIpc) is 3.12. The minimum absolute atomic E-state index is 0.0324. The summed E-state index contributed by atoms with van der Waals surface area (Å²) in [6, 6.07) is 17.0. The number of hydrogen-bond donors (Lipinski definition) is 0. The van der Waals surface area contributed by atoms with Gasteiger partial charge in [-0.2, -0.15) is 4.98 Å². The molecule has 0 unspecified atom stereocenters. The number of rotatable bonds is 6. The molecule has 6 heteroatoms. The fraction of sp³-hybridized carbons (Fsp3) is 0.250. The van der Waals surface area contributed by atoms with Gasteiger partial charge in [0.15, 0.2) is 0 Å². The standard InChI is InChI=1S/C20H20ClN3O2/c1-3-17(14-7-5-4-6-8-14)20(25)24(2)13-18-22-19(23-26-18)15-9-11-16(21)12-10-15/h4-12,17H,3,13H2,1-2H3/t17-/m1/s1. The molecule has 3 rings (SSSR count). The Morgan fingerprint density at radius 3 is 2.50 bits per heavy atom. The van der Waals surface area contributed by atoms with Crippen molar-refractivity contribution in [1.82, 2.24) is 15.0 Å². The van der Waals surface area contributed by atoms with Crippen LogP contribution in [-0.2, 0) is 11.3 Å². The second-order valence-electron chi connectivity index (χ2n) is 6.08. The van der Waals surface area contributed by atoms with E-state index in [9.17, 15) is 4.79 Å². The molecule has 0 aliphatic heterocycles. The number of carbonyl (C=O) groups is 1. The number of carbonyl (C=O) groups excluding carboxylic acids is 1. The Bertz CT molecular complexity index is 862. The van der Waals surface area contributed by atoms with Crippen LogP contribution in [0.25, 0.3) is 11.4 Å². The molecule has 1 heterocycles. The Balaban J connectivity index is 1.70. The number of amides is 1. The second kappa shape index (κ2) is 8.15. The van der Waals surface area contributed by atoms with Gasteiger partial charge in [0, 0.05) is 17.6 Å². The number of benzene rings is 2. The average molecular weight is 370 g/mol. The molecule has 5 nitrogen and oxygen atoms in total. The van der Waals surface area contributed by atoms with Crippen LogP contribution in [0.4, 0.5) is 0 Å². The quantitative estimate of drug-likeness (QED) is 0.640. The molecule has 1 aromatic heterocycles. The van der Waals surface area contributed by atoms with Crippen molar-refractivity contribution in [2.45, 2.75) is 25.8 Å². The van der Waals surface area contributed by atoms with Gasteiger partial charge in [0.1, 0.15) is 0 Å². The predicted octanol–water partition coefficient (Wildman–Crippen LogP) is 4.54. The molecule has 134 valence electrons. The third-order valence-electron chi connectivity index (χ3n) is 4.23. The molecule has 26 heavy (non-hydrogen) atoms. The lowest BCUT2D eigenvalue weighted by molar-refractivity contribution is -0.132. The van der Waals surface area contributed by atoms with Crippen molar-refractivity contribution >= 4 is 17.5 Å². The monoisotopic (exact) mass is 369 g/mol. The molecular formula is C20H20ClN3O2. The molecule has 0 aliphatic rings. The lowest BCUT2D eigenvalue weighted by Crippen LogP contribution is -2.31. The van der Waals surface area contributed by atoms with Gasteiger partial charge in [0.2, 0.25) is 17.6 Å². The zero-order valence-corrected chi connectivity index (χ0v) is 15.5. The summed E-state index contributed by atoms with van der Waals surface area (Å²) in [6.07, 6.45) is 0.729. The van der Waals surface area contributed by atoms with E-state index < -0.39 is 0 Å². The number of halogens is 1. The second-order valence-corrected chi connectivity index (χ2v) is 6.52. The molecule has 0 saturated heterocycles. The third kappa shape index (κ3) is 4.11. The summed E-state index contributed by atoms with van der Waals surface area (Å²) < 4.78 is 5.30. The molecule has 2 aromatic carbocycles. The summed E-state index contributed by atoms with van der Waals surface area (Å²) in [6.45, 7) is 2.28. The van der Waals surface area contributed by atoms with Gasteiger partial charge < -0.3 is 9.42 Å². The van der Waals surface area contributed by atoms with Gasteiger partial charge in [-0.1, -0.05) is 54.0 Å². The molecule has 0 N–H and O–H groups in total. The molecule has 0 spiro atoms. The predicted molar refractivity (Wildman–Crippen MR) is 101 cm³/mol. The molecule has 3 aromatic rings. The summed E-state index contributed by atoms with van der Waals surface area (Å²) in [5, 5.41) is 4.63. The SMILES string of the molecule is CC[C@@H](C(=O)N(C)Cc1nc(-c2ccc(Cl)cc2)no1)c1ccccc1. The normalized spacial score (nSPS) is 12.0. The lowest BCUT2D eigenvalue weighted by Gasteiger charge is -2.22. The van der Waals surface area contributed by atoms with Crippen molar-refractivity contribution < 1.29 is 9.32 Å². The highest BCUT2D eigenvalue weighted by Crippen LogP contribution is 2.23. The first-order valence-electron chi connectivity index (χ1n) is 8.47. The first-order chi connectivity index (χ1) is 12.6. The minimum Gasteiger partial charge on any atom is -0.337 e. The van der Waals surface area contributed by atoms with Gasteiger partial charge in [0.05, 0.1) is 12.5 Å². The Morgan fingerprint density at radius 2 is 1.85 bits per heavy atom. The van der Waals surface area contributed by atoms with E-state index in [-0.39, 0.29) is 18.4 Å². The van der Waals surface area contributed by atoms with Crippen molar-refractivity contribution in [2.75, 3.05) is 7.05 Å². The zero-order valence-electron chi connectivity index (χ0n) is 14.7. The van der Waals surface area contributed by atoms with Crippen LogP contribution in [0.1, 0.15) is 30.7 Å². The summed E-state index contributed by atoms with van der Waals surface area (Å²) >= 11 is 5.89. The first kappa shape index (κ1) is 18.1. The van der Waals surface area contributed by atoms with Gasteiger partial charge in [-0.15, -0.1) is 0 Å². The summed E-state index contributed by atoms with van der Waals surface area (Å²) in [5.41, 5.74) is 1.83. The Kier molecular flexibility index (Phi) is 5.68. The van der Waals surface area contributed by atoms with Crippen LogP contribution in [0.2, 0.25) is 5.02 Å². The maximum Gasteiger partial charge on any atom is 0.246 e. The van der Waals surface area contributed by atoms with E-state index in [1.54, 1.807) is 24.1 Å². The third-order valence-corrected chi connectivity index (χ3v) is 4.48. The first-order valence-corrected chi connectivity index (χ1v) is 8.84. The van der Waals surface area contributed by atoms with Crippen LogP contribution in [0.5, 0.6) is 0 Å². The van der Waals surface area contributed by atoms with Crippen molar-refractivity contribution in [2.24, 2.45) is 0 Å². The maximum atomic E-state index is 12.8. The summed E-state index contributed by atoms with van der Waals surface area (Å²) in [4.78, 5) is 18.8. The van der Waals surface area contributed by atoms with Crippen molar-refractivity contribution in [3.05, 3.63) is 71.1 Å². The van der Waals surface area contributed by atoms with E-state index in [0.29, 0.717) is 16.7 Å². The largest absolute Gasteiger partial charge is 0.337 e. The van der Waals surface area contributed by atoms with E-state index in [0.717, 1.165) is 17.5 Å². The van der Waals surface area contributed by atoms with Gasteiger partial charge in [-0.3, -0.25) is 4.79 Å². The van der Waals surface area contributed by atoms with Crippen LogP contribution >= 0.6 is 11.6 Å². The van der Waals surface area contributed by atoms with E-state index in [4.69, 9.17) is 16.1 Å². The number of nitrogens with zero attached hydrogens (tertiary/aromatic N) is 3. The Labute approximate surface area is 157 Å². The van der Waals surface area contributed by atoms with Crippen molar-refractivity contribution in [1.29, 1.82) is 0 Å². The molecule has 0 bridgehead atoms. The molecule has 0 fully saturated rings.